The lowest BCUT2D eigenvalue weighted by Gasteiger charge is -2.17. The number of hydrogen-bond acceptors (Lipinski definition) is 4. The van der Waals surface area contributed by atoms with Gasteiger partial charge < -0.3 is 15.0 Å². The Kier molecular flexibility index (Phi) is 3.06. The SMILES string of the molecule is CC(C)(C)OCc1cc(CN)no1. The molecule has 0 saturated carbocycles. The van der Waals surface area contributed by atoms with E-state index in [0.29, 0.717) is 13.2 Å². The van der Waals surface area contributed by atoms with Gasteiger partial charge in [0.2, 0.25) is 0 Å². The summed E-state index contributed by atoms with van der Waals surface area (Å²) < 4.78 is 10.5. The van der Waals surface area contributed by atoms with E-state index in [4.69, 9.17) is 15.0 Å². The molecule has 13 heavy (non-hydrogen) atoms. The van der Waals surface area contributed by atoms with Crippen molar-refractivity contribution in [3.63, 3.8) is 0 Å². The van der Waals surface area contributed by atoms with Gasteiger partial charge in [0.1, 0.15) is 6.61 Å². The minimum absolute atomic E-state index is 0.157. The van der Waals surface area contributed by atoms with E-state index in [1.807, 2.05) is 26.8 Å². The molecular weight excluding hydrogens is 168 g/mol. The molecular formula is C9H16N2O2. The number of aromatic nitrogens is 1. The van der Waals surface area contributed by atoms with Gasteiger partial charge in [0, 0.05) is 12.6 Å². The van der Waals surface area contributed by atoms with Crippen LogP contribution < -0.4 is 5.73 Å². The van der Waals surface area contributed by atoms with Crippen molar-refractivity contribution in [3.05, 3.63) is 17.5 Å². The van der Waals surface area contributed by atoms with Crippen molar-refractivity contribution in [3.8, 4) is 0 Å². The first-order valence-electron chi connectivity index (χ1n) is 4.30. The molecule has 0 spiro atoms. The Hall–Kier alpha value is -0.870. The second-order valence-electron chi connectivity index (χ2n) is 3.89. The van der Waals surface area contributed by atoms with Gasteiger partial charge in [0.25, 0.3) is 0 Å². The normalized spacial score (nSPS) is 12.0. The maximum absolute atomic E-state index is 5.50. The first kappa shape index (κ1) is 10.2. The summed E-state index contributed by atoms with van der Waals surface area (Å²) >= 11 is 0. The average Bonchev–Trinajstić information content (AvgIpc) is 2.47. The van der Waals surface area contributed by atoms with Crippen molar-refractivity contribution in [1.29, 1.82) is 0 Å². The molecule has 1 aromatic rings. The third kappa shape index (κ3) is 3.57. The van der Waals surface area contributed by atoms with Crippen molar-refractivity contribution in [2.24, 2.45) is 5.73 Å². The first-order chi connectivity index (χ1) is 6.01. The Labute approximate surface area is 78.0 Å². The van der Waals surface area contributed by atoms with E-state index >= 15 is 0 Å². The largest absolute Gasteiger partial charge is 0.368 e. The van der Waals surface area contributed by atoms with Crippen LogP contribution in [0.5, 0.6) is 0 Å². The monoisotopic (exact) mass is 184 g/mol. The van der Waals surface area contributed by atoms with Crippen LogP contribution in [0, 0.1) is 0 Å². The van der Waals surface area contributed by atoms with Gasteiger partial charge in [-0.2, -0.15) is 0 Å². The van der Waals surface area contributed by atoms with Crippen LogP contribution in [-0.4, -0.2) is 10.8 Å². The lowest BCUT2D eigenvalue weighted by Crippen LogP contribution is -2.18. The minimum atomic E-state index is -0.157. The Morgan fingerprint density at radius 1 is 1.54 bits per heavy atom. The fourth-order valence-corrected chi connectivity index (χ4v) is 0.808. The Bertz CT molecular complexity index is 263. The van der Waals surface area contributed by atoms with E-state index in [-0.39, 0.29) is 5.60 Å². The van der Waals surface area contributed by atoms with E-state index < -0.39 is 0 Å². The van der Waals surface area contributed by atoms with Crippen LogP contribution in [0.25, 0.3) is 0 Å². The maximum atomic E-state index is 5.50. The standard InChI is InChI=1S/C9H16N2O2/c1-9(2,3)12-6-8-4-7(5-10)11-13-8/h4H,5-6,10H2,1-3H3. The zero-order valence-corrected chi connectivity index (χ0v) is 8.33. The molecule has 0 atom stereocenters. The average molecular weight is 184 g/mol. The Balaban J connectivity index is 2.46. The van der Waals surface area contributed by atoms with Crippen molar-refractivity contribution >= 4 is 0 Å². The highest BCUT2D eigenvalue weighted by Crippen LogP contribution is 2.12. The molecule has 0 saturated heterocycles. The number of nitrogens with two attached hydrogens (primary N) is 1. The fourth-order valence-electron chi connectivity index (χ4n) is 0.808. The Morgan fingerprint density at radius 3 is 2.69 bits per heavy atom. The number of nitrogens with zero attached hydrogens (tertiary/aromatic N) is 1. The second kappa shape index (κ2) is 3.89. The highest BCUT2D eigenvalue weighted by Gasteiger charge is 2.12. The van der Waals surface area contributed by atoms with Crippen LogP contribution in [0.4, 0.5) is 0 Å². The van der Waals surface area contributed by atoms with Gasteiger partial charge in [0.15, 0.2) is 5.76 Å². The van der Waals surface area contributed by atoms with Crippen molar-refractivity contribution < 1.29 is 9.26 Å². The van der Waals surface area contributed by atoms with Gasteiger partial charge in [-0.25, -0.2) is 0 Å². The van der Waals surface area contributed by atoms with Crippen LogP contribution in [0.15, 0.2) is 10.6 Å². The van der Waals surface area contributed by atoms with Crippen LogP contribution in [0.3, 0.4) is 0 Å². The third-order valence-electron chi connectivity index (χ3n) is 1.46. The first-order valence-corrected chi connectivity index (χ1v) is 4.30. The van der Waals surface area contributed by atoms with E-state index in [2.05, 4.69) is 5.16 Å². The molecule has 1 heterocycles. The molecule has 0 bridgehead atoms. The van der Waals surface area contributed by atoms with Crippen LogP contribution in [0.1, 0.15) is 32.2 Å². The minimum Gasteiger partial charge on any atom is -0.368 e. The Morgan fingerprint density at radius 2 is 2.23 bits per heavy atom. The van der Waals surface area contributed by atoms with Crippen LogP contribution in [0.2, 0.25) is 0 Å². The summed E-state index contributed by atoms with van der Waals surface area (Å²) in [5.41, 5.74) is 5.98. The number of hydrogen-bond donors (Lipinski definition) is 1. The molecule has 4 heteroatoms. The summed E-state index contributed by atoms with van der Waals surface area (Å²) in [6.07, 6.45) is 0. The summed E-state index contributed by atoms with van der Waals surface area (Å²) in [7, 11) is 0. The smallest absolute Gasteiger partial charge is 0.162 e. The van der Waals surface area contributed by atoms with E-state index in [9.17, 15) is 0 Å². The molecule has 0 radical (unpaired) electrons. The van der Waals surface area contributed by atoms with Crippen molar-refractivity contribution in [1.82, 2.24) is 5.16 Å². The molecule has 0 unspecified atom stereocenters. The molecule has 1 rings (SSSR count). The van der Waals surface area contributed by atoms with Gasteiger partial charge in [-0.1, -0.05) is 5.16 Å². The zero-order valence-electron chi connectivity index (χ0n) is 8.33. The molecule has 1 aromatic heterocycles. The predicted molar refractivity (Wildman–Crippen MR) is 48.9 cm³/mol. The molecule has 0 aliphatic heterocycles. The zero-order chi connectivity index (χ0) is 9.90. The van der Waals surface area contributed by atoms with Gasteiger partial charge in [0.05, 0.1) is 11.3 Å². The fraction of sp³-hybridized carbons (Fsp3) is 0.667. The van der Waals surface area contributed by atoms with Gasteiger partial charge in [-0.3, -0.25) is 0 Å². The highest BCUT2D eigenvalue weighted by atomic mass is 16.5. The molecule has 2 N–H and O–H groups in total. The highest BCUT2D eigenvalue weighted by molar-refractivity contribution is 5.03. The van der Waals surface area contributed by atoms with E-state index in [1.54, 1.807) is 0 Å². The lowest BCUT2D eigenvalue weighted by atomic mass is 10.2. The van der Waals surface area contributed by atoms with Crippen LogP contribution >= 0.6 is 0 Å². The van der Waals surface area contributed by atoms with Gasteiger partial charge in [-0.05, 0) is 20.8 Å². The van der Waals surface area contributed by atoms with Gasteiger partial charge >= 0.3 is 0 Å². The molecule has 4 nitrogen and oxygen atoms in total. The molecule has 0 amide bonds. The molecule has 0 aromatic carbocycles. The topological polar surface area (TPSA) is 61.3 Å². The predicted octanol–water partition coefficient (Wildman–Crippen LogP) is 1.45. The van der Waals surface area contributed by atoms with Crippen molar-refractivity contribution in [2.75, 3.05) is 0 Å². The number of rotatable bonds is 3. The maximum Gasteiger partial charge on any atom is 0.162 e. The quantitative estimate of drug-likeness (QED) is 0.772. The molecule has 0 fully saturated rings. The molecule has 0 aliphatic rings. The number of ether oxygens (including phenoxy) is 1. The van der Waals surface area contributed by atoms with Gasteiger partial charge in [-0.15, -0.1) is 0 Å². The summed E-state index contributed by atoms with van der Waals surface area (Å²) in [5.74, 6) is 0.718. The van der Waals surface area contributed by atoms with Crippen LogP contribution in [-0.2, 0) is 17.9 Å². The second-order valence-corrected chi connectivity index (χ2v) is 3.89. The van der Waals surface area contributed by atoms with Crippen molar-refractivity contribution in [2.45, 2.75) is 39.5 Å². The summed E-state index contributed by atoms with van der Waals surface area (Å²) in [6.45, 7) is 6.82. The molecule has 74 valence electrons. The van der Waals surface area contributed by atoms with E-state index in [0.717, 1.165) is 11.5 Å². The lowest BCUT2D eigenvalue weighted by molar-refractivity contribution is -0.0241. The van der Waals surface area contributed by atoms with E-state index in [1.165, 1.54) is 0 Å². The summed E-state index contributed by atoms with van der Waals surface area (Å²) in [4.78, 5) is 0. The third-order valence-corrected chi connectivity index (χ3v) is 1.46. The summed E-state index contributed by atoms with van der Waals surface area (Å²) in [5, 5.41) is 3.76. The summed E-state index contributed by atoms with van der Waals surface area (Å²) in [6, 6.07) is 1.81. The molecule has 0 aliphatic carbocycles.